The number of amides is 1. The van der Waals surface area contributed by atoms with Crippen LogP contribution in [0.2, 0.25) is 0 Å². The third-order valence-electron chi connectivity index (χ3n) is 5.02. The average molecular weight is 367 g/mol. The van der Waals surface area contributed by atoms with Gasteiger partial charge in [-0.05, 0) is 50.2 Å². The predicted molar refractivity (Wildman–Crippen MR) is 106 cm³/mol. The largest absolute Gasteiger partial charge is 0.506 e. The van der Waals surface area contributed by atoms with Gasteiger partial charge in [-0.15, -0.1) is 0 Å². The zero-order valence-electron chi connectivity index (χ0n) is 15.7. The number of benzene rings is 2. The molecule has 0 radical (unpaired) electrons. The minimum atomic E-state index is -0.260. The van der Waals surface area contributed by atoms with Gasteiger partial charge in [0, 0.05) is 37.4 Å². The zero-order valence-corrected chi connectivity index (χ0v) is 15.7. The van der Waals surface area contributed by atoms with Crippen molar-refractivity contribution < 1.29 is 14.7 Å². The number of hydrogen-bond donors (Lipinski definition) is 2. The molecule has 0 saturated carbocycles. The van der Waals surface area contributed by atoms with E-state index >= 15 is 0 Å². The Morgan fingerprint density at radius 1 is 1.00 bits per heavy atom. The monoisotopic (exact) mass is 367 g/mol. The predicted octanol–water partition coefficient (Wildman–Crippen LogP) is 2.74. The first-order valence-corrected chi connectivity index (χ1v) is 9.14. The van der Waals surface area contributed by atoms with Crippen molar-refractivity contribution >= 4 is 23.1 Å². The van der Waals surface area contributed by atoms with E-state index in [2.05, 4.69) is 15.1 Å². The number of nitrogens with one attached hydrogen (secondary N) is 1. The molecule has 1 saturated heterocycles. The van der Waals surface area contributed by atoms with Crippen molar-refractivity contribution in [2.24, 2.45) is 0 Å². The van der Waals surface area contributed by atoms with Crippen LogP contribution in [0.4, 0.5) is 11.4 Å². The van der Waals surface area contributed by atoms with E-state index in [0.29, 0.717) is 11.3 Å². The Hall–Kier alpha value is -2.86. The minimum absolute atomic E-state index is 0.00330. The summed E-state index contributed by atoms with van der Waals surface area (Å²) in [6, 6.07) is 14.0. The van der Waals surface area contributed by atoms with Crippen LogP contribution in [0.3, 0.4) is 0 Å². The Kier molecular flexibility index (Phi) is 5.76. The lowest BCUT2D eigenvalue weighted by Gasteiger charge is -2.38. The first-order valence-electron chi connectivity index (χ1n) is 9.14. The summed E-state index contributed by atoms with van der Waals surface area (Å²) in [5.74, 6) is 0.218. The van der Waals surface area contributed by atoms with Crippen LogP contribution in [0.5, 0.6) is 5.75 Å². The Morgan fingerprint density at radius 3 is 2.22 bits per heavy atom. The van der Waals surface area contributed by atoms with Crippen molar-refractivity contribution in [3.63, 3.8) is 0 Å². The SMILES string of the molecule is CC(=O)c1ccc(NC(=O)[C@H](C)N2CCN(c3ccccc3O)CC2)cc1. The van der Waals surface area contributed by atoms with Crippen LogP contribution >= 0.6 is 0 Å². The molecule has 0 bridgehead atoms. The lowest BCUT2D eigenvalue weighted by molar-refractivity contribution is -0.120. The van der Waals surface area contributed by atoms with E-state index in [0.717, 1.165) is 31.9 Å². The maximum atomic E-state index is 12.6. The Labute approximate surface area is 159 Å². The quantitative estimate of drug-likeness (QED) is 0.795. The van der Waals surface area contributed by atoms with Gasteiger partial charge in [0.05, 0.1) is 11.7 Å². The molecule has 0 aromatic heterocycles. The fourth-order valence-corrected chi connectivity index (χ4v) is 3.28. The molecule has 6 nitrogen and oxygen atoms in total. The summed E-state index contributed by atoms with van der Waals surface area (Å²) >= 11 is 0. The van der Waals surface area contributed by atoms with Gasteiger partial charge < -0.3 is 15.3 Å². The highest BCUT2D eigenvalue weighted by atomic mass is 16.3. The van der Waals surface area contributed by atoms with Gasteiger partial charge in [-0.1, -0.05) is 12.1 Å². The average Bonchev–Trinajstić information content (AvgIpc) is 2.68. The second-order valence-electron chi connectivity index (χ2n) is 6.81. The molecule has 1 atom stereocenters. The van der Waals surface area contributed by atoms with Gasteiger partial charge in [-0.2, -0.15) is 0 Å². The summed E-state index contributed by atoms with van der Waals surface area (Å²) < 4.78 is 0. The van der Waals surface area contributed by atoms with Gasteiger partial charge in [0.2, 0.25) is 5.91 Å². The van der Waals surface area contributed by atoms with Crippen molar-refractivity contribution in [3.05, 3.63) is 54.1 Å². The van der Waals surface area contributed by atoms with Crippen LogP contribution in [0.25, 0.3) is 0 Å². The lowest BCUT2D eigenvalue weighted by Crippen LogP contribution is -2.52. The highest BCUT2D eigenvalue weighted by molar-refractivity contribution is 5.97. The molecule has 1 fully saturated rings. The Morgan fingerprint density at radius 2 is 1.63 bits per heavy atom. The third-order valence-corrected chi connectivity index (χ3v) is 5.02. The molecular formula is C21H25N3O3. The van der Waals surface area contributed by atoms with E-state index < -0.39 is 0 Å². The number of carbonyl (C=O) groups is 2. The topological polar surface area (TPSA) is 72.9 Å². The molecule has 1 heterocycles. The smallest absolute Gasteiger partial charge is 0.241 e. The summed E-state index contributed by atoms with van der Waals surface area (Å²) in [4.78, 5) is 28.2. The zero-order chi connectivity index (χ0) is 19.4. The van der Waals surface area contributed by atoms with Crippen molar-refractivity contribution in [3.8, 4) is 5.75 Å². The molecule has 27 heavy (non-hydrogen) atoms. The van der Waals surface area contributed by atoms with Gasteiger partial charge in [0.25, 0.3) is 0 Å². The fraction of sp³-hybridized carbons (Fsp3) is 0.333. The molecule has 0 unspecified atom stereocenters. The molecule has 3 rings (SSSR count). The second kappa shape index (κ2) is 8.22. The van der Waals surface area contributed by atoms with Gasteiger partial charge in [-0.25, -0.2) is 0 Å². The first kappa shape index (κ1) is 18.9. The number of hydrogen-bond acceptors (Lipinski definition) is 5. The standard InChI is InChI=1S/C21H25N3O3/c1-15(21(27)22-18-9-7-17(8-10-18)16(2)25)23-11-13-24(14-12-23)19-5-3-4-6-20(19)26/h3-10,15,26H,11-14H2,1-2H3,(H,22,27)/t15-/m0/s1. The summed E-state index contributed by atoms with van der Waals surface area (Å²) in [5.41, 5.74) is 2.14. The molecule has 1 amide bonds. The number of phenols is 1. The Bertz CT molecular complexity index is 812. The highest BCUT2D eigenvalue weighted by Gasteiger charge is 2.26. The van der Waals surface area contributed by atoms with E-state index in [1.807, 2.05) is 25.1 Å². The van der Waals surface area contributed by atoms with Gasteiger partial charge in [0.15, 0.2) is 5.78 Å². The normalized spacial score (nSPS) is 16.0. The molecule has 0 spiro atoms. The van der Waals surface area contributed by atoms with Gasteiger partial charge in [-0.3, -0.25) is 14.5 Å². The molecule has 1 aliphatic heterocycles. The van der Waals surface area contributed by atoms with E-state index in [1.54, 1.807) is 30.3 Å². The van der Waals surface area contributed by atoms with E-state index in [-0.39, 0.29) is 23.5 Å². The molecule has 2 aromatic rings. The lowest BCUT2D eigenvalue weighted by atomic mass is 10.1. The maximum absolute atomic E-state index is 12.6. The molecule has 0 aliphatic carbocycles. The van der Waals surface area contributed by atoms with Crippen molar-refractivity contribution in [1.82, 2.24) is 4.90 Å². The van der Waals surface area contributed by atoms with Crippen LogP contribution in [0, 0.1) is 0 Å². The number of aromatic hydroxyl groups is 1. The Balaban J connectivity index is 1.55. The maximum Gasteiger partial charge on any atom is 0.241 e. The van der Waals surface area contributed by atoms with Crippen LogP contribution in [-0.4, -0.2) is 53.9 Å². The van der Waals surface area contributed by atoms with Crippen molar-refractivity contribution in [2.75, 3.05) is 36.4 Å². The molecule has 6 heteroatoms. The summed E-state index contributed by atoms with van der Waals surface area (Å²) in [6.07, 6.45) is 0. The van der Waals surface area contributed by atoms with E-state index in [1.165, 1.54) is 6.92 Å². The number of nitrogens with zero attached hydrogens (tertiary/aromatic N) is 2. The second-order valence-corrected chi connectivity index (χ2v) is 6.81. The number of piperazine rings is 1. The number of carbonyl (C=O) groups excluding carboxylic acids is 2. The number of para-hydroxylation sites is 2. The molecule has 2 N–H and O–H groups in total. The van der Waals surface area contributed by atoms with Crippen LogP contribution in [0.15, 0.2) is 48.5 Å². The van der Waals surface area contributed by atoms with Gasteiger partial charge in [0.1, 0.15) is 5.75 Å². The van der Waals surface area contributed by atoms with Crippen LogP contribution in [-0.2, 0) is 4.79 Å². The van der Waals surface area contributed by atoms with Gasteiger partial charge >= 0.3 is 0 Å². The number of ketones is 1. The number of Topliss-reactive ketones (excluding diaryl/α,β-unsaturated/α-hetero) is 1. The molecule has 142 valence electrons. The fourth-order valence-electron chi connectivity index (χ4n) is 3.28. The number of anilines is 2. The summed E-state index contributed by atoms with van der Waals surface area (Å²) in [6.45, 7) is 6.41. The molecule has 1 aliphatic rings. The minimum Gasteiger partial charge on any atom is -0.506 e. The summed E-state index contributed by atoms with van der Waals surface area (Å²) in [7, 11) is 0. The van der Waals surface area contributed by atoms with Crippen LogP contribution < -0.4 is 10.2 Å². The summed E-state index contributed by atoms with van der Waals surface area (Å²) in [5, 5.41) is 12.9. The van der Waals surface area contributed by atoms with E-state index in [9.17, 15) is 14.7 Å². The molecule has 2 aromatic carbocycles. The number of phenolic OH excluding ortho intramolecular Hbond substituents is 1. The van der Waals surface area contributed by atoms with Crippen molar-refractivity contribution in [1.29, 1.82) is 0 Å². The molecular weight excluding hydrogens is 342 g/mol. The number of rotatable bonds is 5. The highest BCUT2D eigenvalue weighted by Crippen LogP contribution is 2.27. The van der Waals surface area contributed by atoms with E-state index in [4.69, 9.17) is 0 Å². The third kappa shape index (κ3) is 4.46. The first-order chi connectivity index (χ1) is 13.0. The van der Waals surface area contributed by atoms with Crippen molar-refractivity contribution in [2.45, 2.75) is 19.9 Å². The van der Waals surface area contributed by atoms with Crippen LogP contribution in [0.1, 0.15) is 24.2 Å².